The predicted octanol–water partition coefficient (Wildman–Crippen LogP) is 3.74. The molecule has 0 saturated carbocycles. The van der Waals surface area contributed by atoms with Crippen molar-refractivity contribution in [2.45, 2.75) is 52.9 Å². The van der Waals surface area contributed by atoms with Crippen LogP contribution in [0.1, 0.15) is 62.6 Å². The number of rotatable bonds is 8. The van der Waals surface area contributed by atoms with E-state index >= 15 is 0 Å². The summed E-state index contributed by atoms with van der Waals surface area (Å²) in [5.41, 5.74) is 0.782. The molecular weight excluding hydrogens is 484 g/mol. The smallest absolute Gasteiger partial charge is 0.310 e. The van der Waals surface area contributed by atoms with Crippen molar-refractivity contribution in [1.82, 2.24) is 9.47 Å². The number of pyridine rings is 1. The van der Waals surface area contributed by atoms with Crippen LogP contribution in [0.25, 0.3) is 6.08 Å². The normalized spacial score (nSPS) is 19.4. The number of aromatic nitrogens is 1. The molecule has 0 spiro atoms. The van der Waals surface area contributed by atoms with Crippen LogP contribution in [0.2, 0.25) is 0 Å². The van der Waals surface area contributed by atoms with E-state index in [1.54, 1.807) is 31.9 Å². The highest BCUT2D eigenvalue weighted by Gasteiger charge is 2.34. The lowest BCUT2D eigenvalue weighted by Crippen LogP contribution is -2.42. The van der Waals surface area contributed by atoms with Crippen molar-refractivity contribution in [2.75, 3.05) is 31.1 Å². The van der Waals surface area contributed by atoms with Crippen molar-refractivity contribution in [3.63, 3.8) is 0 Å². The summed E-state index contributed by atoms with van der Waals surface area (Å²) in [7, 11) is 1.62. The van der Waals surface area contributed by atoms with Gasteiger partial charge in [-0.15, -0.1) is 0 Å². The molecule has 2 aliphatic rings. The number of hydrogen-bond donors (Lipinski definition) is 0. The van der Waals surface area contributed by atoms with Crippen LogP contribution in [0.3, 0.4) is 0 Å². The van der Waals surface area contributed by atoms with Gasteiger partial charge in [0, 0.05) is 32.2 Å². The van der Waals surface area contributed by atoms with Crippen LogP contribution in [0, 0.1) is 24.2 Å². The van der Waals surface area contributed by atoms with Crippen LogP contribution in [-0.2, 0) is 21.4 Å². The van der Waals surface area contributed by atoms with Gasteiger partial charge in [-0.2, -0.15) is 5.26 Å². The minimum atomic E-state index is -0.400. The lowest BCUT2D eigenvalue weighted by Gasteiger charge is -2.35. The maximum absolute atomic E-state index is 13.2. The average Bonchev–Trinajstić information content (AvgIpc) is 3.10. The van der Waals surface area contributed by atoms with Crippen LogP contribution in [0.15, 0.2) is 9.70 Å². The molecule has 3 heterocycles. The quantitative estimate of drug-likeness (QED) is 0.223. The van der Waals surface area contributed by atoms with Gasteiger partial charge in [-0.1, -0.05) is 43.7 Å². The van der Waals surface area contributed by atoms with Gasteiger partial charge in [0.2, 0.25) is 0 Å². The monoisotopic (exact) mass is 516 g/mol. The molecule has 1 aromatic rings. The van der Waals surface area contributed by atoms with Crippen molar-refractivity contribution in [2.24, 2.45) is 13.0 Å². The Morgan fingerprint density at radius 1 is 1.31 bits per heavy atom. The van der Waals surface area contributed by atoms with Crippen molar-refractivity contribution in [1.29, 1.82) is 5.26 Å². The molecule has 1 aromatic heterocycles. The summed E-state index contributed by atoms with van der Waals surface area (Å²) in [5.74, 6) is -0.116. The van der Waals surface area contributed by atoms with E-state index in [-0.39, 0.29) is 23.4 Å². The molecule has 0 N–H and O–H groups in total. The van der Waals surface area contributed by atoms with E-state index in [1.807, 2.05) is 11.0 Å². The highest BCUT2D eigenvalue weighted by atomic mass is 32.2. The molecular formula is C25H32N4O4S2. The molecule has 0 radical (unpaired) electrons. The van der Waals surface area contributed by atoms with Gasteiger partial charge in [0.1, 0.15) is 21.8 Å². The van der Waals surface area contributed by atoms with Gasteiger partial charge < -0.3 is 9.64 Å². The molecule has 10 heteroatoms. The summed E-state index contributed by atoms with van der Waals surface area (Å²) in [5, 5.41) is 9.68. The molecule has 1 unspecified atom stereocenters. The van der Waals surface area contributed by atoms with Crippen LogP contribution in [-0.4, -0.2) is 51.9 Å². The number of amides is 1. The van der Waals surface area contributed by atoms with Gasteiger partial charge in [0.25, 0.3) is 11.5 Å². The highest BCUT2D eigenvalue weighted by Crippen LogP contribution is 2.36. The second-order valence-corrected chi connectivity index (χ2v) is 10.5. The zero-order chi connectivity index (χ0) is 25.7. The van der Waals surface area contributed by atoms with Crippen LogP contribution < -0.4 is 10.5 Å². The fraction of sp³-hybridized carbons (Fsp3) is 0.560. The number of piperidine rings is 1. The molecule has 35 heavy (non-hydrogen) atoms. The van der Waals surface area contributed by atoms with E-state index < -0.39 is 5.56 Å². The first-order chi connectivity index (χ1) is 16.7. The van der Waals surface area contributed by atoms with Gasteiger partial charge in [0.15, 0.2) is 0 Å². The summed E-state index contributed by atoms with van der Waals surface area (Å²) in [4.78, 5) is 42.7. The fourth-order valence-electron chi connectivity index (χ4n) is 4.56. The Labute approximate surface area is 215 Å². The Bertz CT molecular complexity index is 1150. The first-order valence-electron chi connectivity index (χ1n) is 12.1. The zero-order valence-corrected chi connectivity index (χ0v) is 22.4. The average molecular weight is 517 g/mol. The van der Waals surface area contributed by atoms with Crippen molar-refractivity contribution in [3.8, 4) is 6.07 Å². The lowest BCUT2D eigenvalue weighted by molar-refractivity contribution is -0.148. The minimum Gasteiger partial charge on any atom is -0.466 e. The Kier molecular flexibility index (Phi) is 9.14. The number of unbranched alkanes of at least 4 members (excludes halogenated alkanes) is 2. The van der Waals surface area contributed by atoms with Gasteiger partial charge in [-0.05, 0) is 44.7 Å². The number of thiocarbonyl (C=S) groups is 1. The van der Waals surface area contributed by atoms with E-state index in [1.165, 1.54) is 16.3 Å². The first-order valence-corrected chi connectivity index (χ1v) is 13.3. The van der Waals surface area contributed by atoms with Gasteiger partial charge >= 0.3 is 5.97 Å². The van der Waals surface area contributed by atoms with Crippen LogP contribution >= 0.6 is 24.0 Å². The van der Waals surface area contributed by atoms with Crippen LogP contribution in [0.5, 0.6) is 0 Å². The standard InChI is InChI=1S/C25H32N4O4S2/c1-5-7-8-12-29-23(31)20(35-25(29)34)13-18-16(3)19(14-26)22(30)27(4)21(18)28-11-9-10-17(15-28)24(32)33-6-2/h13,17H,5-12,15H2,1-4H3/b20-13-. The summed E-state index contributed by atoms with van der Waals surface area (Å²) < 4.78 is 7.21. The van der Waals surface area contributed by atoms with E-state index in [2.05, 4.69) is 6.92 Å². The number of nitriles is 1. The second kappa shape index (κ2) is 11.9. The van der Waals surface area contributed by atoms with E-state index in [0.717, 1.165) is 25.7 Å². The van der Waals surface area contributed by atoms with E-state index in [9.17, 15) is 19.6 Å². The predicted molar refractivity (Wildman–Crippen MR) is 142 cm³/mol. The maximum Gasteiger partial charge on any atom is 0.310 e. The van der Waals surface area contributed by atoms with Crippen molar-refractivity contribution >= 4 is 52.1 Å². The fourth-order valence-corrected chi connectivity index (χ4v) is 5.85. The highest BCUT2D eigenvalue weighted by molar-refractivity contribution is 8.26. The number of hydrogen-bond acceptors (Lipinski definition) is 8. The largest absolute Gasteiger partial charge is 0.466 e. The third-order valence-electron chi connectivity index (χ3n) is 6.44. The molecule has 2 aliphatic heterocycles. The molecule has 8 nitrogen and oxygen atoms in total. The Hall–Kier alpha value is -2.64. The topological polar surface area (TPSA) is 95.6 Å². The number of thioether (sulfide) groups is 1. The minimum absolute atomic E-state index is 0.0416. The van der Waals surface area contributed by atoms with Gasteiger partial charge in [-0.25, -0.2) is 0 Å². The zero-order valence-electron chi connectivity index (χ0n) is 20.8. The molecule has 1 amide bonds. The Morgan fingerprint density at radius 3 is 2.71 bits per heavy atom. The Morgan fingerprint density at radius 2 is 2.06 bits per heavy atom. The lowest BCUT2D eigenvalue weighted by atomic mass is 9.96. The third-order valence-corrected chi connectivity index (χ3v) is 7.82. The SMILES string of the molecule is CCCCCN1C(=O)/C(=C/c2c(C)c(C#N)c(=O)n(C)c2N2CCCC(C(=O)OCC)C2)SC1=S. The molecule has 1 atom stereocenters. The van der Waals surface area contributed by atoms with Gasteiger partial charge in [0.05, 0.1) is 17.4 Å². The second-order valence-electron chi connectivity index (χ2n) is 8.79. The van der Waals surface area contributed by atoms with Crippen molar-refractivity contribution < 1.29 is 14.3 Å². The number of anilines is 1. The molecule has 188 valence electrons. The number of nitrogens with zero attached hydrogens (tertiary/aromatic N) is 4. The number of esters is 1. The summed E-state index contributed by atoms with van der Waals surface area (Å²) in [6, 6.07) is 2.02. The maximum atomic E-state index is 13.2. The molecule has 0 aliphatic carbocycles. The Balaban J connectivity index is 2.06. The molecule has 0 aromatic carbocycles. The summed E-state index contributed by atoms with van der Waals surface area (Å²) >= 11 is 6.71. The number of carbonyl (C=O) groups is 2. The molecule has 2 saturated heterocycles. The van der Waals surface area contributed by atoms with Gasteiger partial charge in [-0.3, -0.25) is 23.9 Å². The first kappa shape index (κ1) is 27.0. The third kappa shape index (κ3) is 5.62. The number of carbonyl (C=O) groups excluding carboxylic acids is 2. The van der Waals surface area contributed by atoms with E-state index in [4.69, 9.17) is 17.0 Å². The summed E-state index contributed by atoms with van der Waals surface area (Å²) in [6.45, 7) is 7.55. The van der Waals surface area contributed by atoms with Crippen molar-refractivity contribution in [3.05, 3.63) is 31.9 Å². The van der Waals surface area contributed by atoms with E-state index in [0.29, 0.717) is 58.8 Å². The summed E-state index contributed by atoms with van der Waals surface area (Å²) in [6.07, 6.45) is 6.16. The van der Waals surface area contributed by atoms with Crippen LogP contribution in [0.4, 0.5) is 5.82 Å². The molecule has 0 bridgehead atoms. The molecule has 3 rings (SSSR count). The number of ether oxygens (including phenoxy) is 1. The molecule has 2 fully saturated rings.